The van der Waals surface area contributed by atoms with Crippen molar-refractivity contribution in [2.24, 2.45) is 0 Å². The number of hydrogen-bond acceptors (Lipinski definition) is 4. The molecule has 1 aromatic carbocycles. The van der Waals surface area contributed by atoms with Crippen molar-refractivity contribution >= 4 is 11.6 Å². The summed E-state index contributed by atoms with van der Waals surface area (Å²) in [6.45, 7) is 2.87. The molecule has 3 rings (SSSR count). The van der Waals surface area contributed by atoms with Crippen LogP contribution in [0.1, 0.15) is 35.7 Å². The lowest BCUT2D eigenvalue weighted by Gasteiger charge is -2.09. The van der Waals surface area contributed by atoms with Gasteiger partial charge in [-0.15, -0.1) is 0 Å². The highest BCUT2D eigenvalue weighted by Crippen LogP contribution is 2.38. The molecular weight excluding hydrogens is 236 g/mol. The highest BCUT2D eigenvalue weighted by molar-refractivity contribution is 5.46. The van der Waals surface area contributed by atoms with E-state index >= 15 is 0 Å². The minimum atomic E-state index is 0.516. The SMILES string of the molecule is Cc1ccccc1CNc1cc(N)nc(C2CC2)n1. The number of nitrogen functional groups attached to an aromatic ring is 1. The van der Waals surface area contributed by atoms with Crippen LogP contribution in [-0.2, 0) is 6.54 Å². The van der Waals surface area contributed by atoms with Crippen molar-refractivity contribution in [2.75, 3.05) is 11.1 Å². The molecule has 1 aliphatic rings. The van der Waals surface area contributed by atoms with Gasteiger partial charge < -0.3 is 11.1 Å². The first kappa shape index (κ1) is 12.0. The first-order valence-corrected chi connectivity index (χ1v) is 6.65. The van der Waals surface area contributed by atoms with E-state index in [4.69, 9.17) is 5.73 Å². The zero-order valence-electron chi connectivity index (χ0n) is 11.1. The van der Waals surface area contributed by atoms with Gasteiger partial charge in [0.25, 0.3) is 0 Å². The second kappa shape index (κ2) is 4.88. The normalized spacial score (nSPS) is 14.4. The maximum atomic E-state index is 5.83. The zero-order valence-corrected chi connectivity index (χ0v) is 11.1. The number of benzene rings is 1. The molecule has 0 spiro atoms. The third-order valence-electron chi connectivity index (χ3n) is 3.43. The van der Waals surface area contributed by atoms with Gasteiger partial charge in [-0.05, 0) is 30.9 Å². The van der Waals surface area contributed by atoms with Gasteiger partial charge in [0.15, 0.2) is 0 Å². The Kier molecular flexibility index (Phi) is 3.07. The molecule has 0 unspecified atom stereocenters. The van der Waals surface area contributed by atoms with E-state index in [1.54, 1.807) is 6.07 Å². The summed E-state index contributed by atoms with van der Waals surface area (Å²) < 4.78 is 0. The molecule has 98 valence electrons. The first-order chi connectivity index (χ1) is 9.22. The fraction of sp³-hybridized carbons (Fsp3) is 0.333. The summed E-state index contributed by atoms with van der Waals surface area (Å²) in [7, 11) is 0. The summed E-state index contributed by atoms with van der Waals surface area (Å²) in [4.78, 5) is 8.83. The van der Waals surface area contributed by atoms with E-state index in [9.17, 15) is 0 Å². The minimum absolute atomic E-state index is 0.516. The number of rotatable bonds is 4. The molecule has 0 aliphatic heterocycles. The van der Waals surface area contributed by atoms with E-state index in [1.165, 1.54) is 24.0 Å². The number of anilines is 2. The van der Waals surface area contributed by atoms with E-state index in [0.717, 1.165) is 18.2 Å². The lowest BCUT2D eigenvalue weighted by Crippen LogP contribution is -2.06. The lowest BCUT2D eigenvalue weighted by atomic mass is 10.1. The van der Waals surface area contributed by atoms with Crippen LogP contribution in [-0.4, -0.2) is 9.97 Å². The van der Waals surface area contributed by atoms with Crippen LogP contribution >= 0.6 is 0 Å². The van der Waals surface area contributed by atoms with Crippen LogP contribution < -0.4 is 11.1 Å². The predicted molar refractivity (Wildman–Crippen MR) is 76.9 cm³/mol. The number of nitrogens with zero attached hydrogens (tertiary/aromatic N) is 2. The van der Waals surface area contributed by atoms with Crippen LogP contribution in [0, 0.1) is 6.92 Å². The van der Waals surface area contributed by atoms with E-state index in [1.807, 2.05) is 12.1 Å². The molecule has 1 heterocycles. The van der Waals surface area contributed by atoms with Gasteiger partial charge in [-0.1, -0.05) is 24.3 Å². The summed E-state index contributed by atoms with van der Waals surface area (Å²) in [6, 6.07) is 10.1. The smallest absolute Gasteiger partial charge is 0.136 e. The summed E-state index contributed by atoms with van der Waals surface area (Å²) in [6.07, 6.45) is 2.36. The Hall–Kier alpha value is -2.10. The average molecular weight is 254 g/mol. The Morgan fingerprint density at radius 3 is 2.79 bits per heavy atom. The second-order valence-electron chi connectivity index (χ2n) is 5.09. The van der Waals surface area contributed by atoms with E-state index in [-0.39, 0.29) is 0 Å². The van der Waals surface area contributed by atoms with Gasteiger partial charge in [0.05, 0.1) is 0 Å². The van der Waals surface area contributed by atoms with Crippen LogP contribution in [0.25, 0.3) is 0 Å². The van der Waals surface area contributed by atoms with Crippen LogP contribution in [0.15, 0.2) is 30.3 Å². The Morgan fingerprint density at radius 1 is 1.26 bits per heavy atom. The molecular formula is C15H18N4. The largest absolute Gasteiger partial charge is 0.384 e. The van der Waals surface area contributed by atoms with Crippen molar-refractivity contribution in [2.45, 2.75) is 32.2 Å². The van der Waals surface area contributed by atoms with Crippen molar-refractivity contribution in [1.29, 1.82) is 0 Å². The fourth-order valence-electron chi connectivity index (χ4n) is 2.09. The maximum absolute atomic E-state index is 5.83. The quantitative estimate of drug-likeness (QED) is 0.880. The topological polar surface area (TPSA) is 63.8 Å². The Balaban J connectivity index is 1.74. The number of aromatic nitrogens is 2. The Morgan fingerprint density at radius 2 is 2.05 bits per heavy atom. The monoisotopic (exact) mass is 254 g/mol. The number of nitrogens with two attached hydrogens (primary N) is 1. The summed E-state index contributed by atoms with van der Waals surface area (Å²) >= 11 is 0. The minimum Gasteiger partial charge on any atom is -0.384 e. The predicted octanol–water partition coefficient (Wildman–Crippen LogP) is 2.86. The summed E-state index contributed by atoms with van der Waals surface area (Å²) in [5, 5.41) is 3.33. The van der Waals surface area contributed by atoms with E-state index < -0.39 is 0 Å². The van der Waals surface area contributed by atoms with E-state index in [0.29, 0.717) is 11.7 Å². The molecule has 0 bridgehead atoms. The van der Waals surface area contributed by atoms with Gasteiger partial charge >= 0.3 is 0 Å². The Bertz CT molecular complexity index is 590. The molecule has 4 heteroatoms. The maximum Gasteiger partial charge on any atom is 0.136 e. The van der Waals surface area contributed by atoms with Gasteiger partial charge in [0.1, 0.15) is 17.5 Å². The summed E-state index contributed by atoms with van der Waals surface area (Å²) in [5.74, 6) is 2.76. The number of aryl methyl sites for hydroxylation is 1. The van der Waals surface area contributed by atoms with Gasteiger partial charge in [0.2, 0.25) is 0 Å². The first-order valence-electron chi connectivity index (χ1n) is 6.65. The standard InChI is InChI=1S/C15H18N4/c1-10-4-2-3-5-12(10)9-17-14-8-13(16)18-15(19-14)11-6-7-11/h2-5,8,11H,6-7,9H2,1H3,(H3,16,17,18,19). The third kappa shape index (κ3) is 2.84. The van der Waals surface area contributed by atoms with Crippen molar-refractivity contribution in [3.05, 3.63) is 47.3 Å². The number of nitrogens with one attached hydrogen (secondary N) is 1. The average Bonchev–Trinajstić information content (AvgIpc) is 3.21. The van der Waals surface area contributed by atoms with Crippen molar-refractivity contribution < 1.29 is 0 Å². The van der Waals surface area contributed by atoms with Gasteiger partial charge in [-0.25, -0.2) is 9.97 Å². The van der Waals surface area contributed by atoms with E-state index in [2.05, 4.69) is 34.3 Å². The van der Waals surface area contributed by atoms with Crippen LogP contribution in [0.4, 0.5) is 11.6 Å². The molecule has 2 aromatic rings. The third-order valence-corrected chi connectivity index (χ3v) is 3.43. The van der Waals surface area contributed by atoms with Crippen molar-refractivity contribution in [3.8, 4) is 0 Å². The molecule has 1 fully saturated rings. The highest BCUT2D eigenvalue weighted by Gasteiger charge is 2.27. The molecule has 19 heavy (non-hydrogen) atoms. The zero-order chi connectivity index (χ0) is 13.2. The molecule has 1 aliphatic carbocycles. The van der Waals surface area contributed by atoms with Crippen LogP contribution in [0.5, 0.6) is 0 Å². The number of hydrogen-bond donors (Lipinski definition) is 2. The molecule has 0 amide bonds. The molecule has 0 radical (unpaired) electrons. The Labute approximate surface area is 113 Å². The van der Waals surface area contributed by atoms with Crippen LogP contribution in [0.3, 0.4) is 0 Å². The van der Waals surface area contributed by atoms with Crippen molar-refractivity contribution in [3.63, 3.8) is 0 Å². The van der Waals surface area contributed by atoms with Gasteiger partial charge in [-0.3, -0.25) is 0 Å². The van der Waals surface area contributed by atoms with Crippen molar-refractivity contribution in [1.82, 2.24) is 9.97 Å². The molecule has 0 atom stereocenters. The molecule has 1 aromatic heterocycles. The molecule has 0 saturated heterocycles. The fourth-order valence-corrected chi connectivity index (χ4v) is 2.09. The highest BCUT2D eigenvalue weighted by atomic mass is 15.1. The molecule has 1 saturated carbocycles. The molecule has 3 N–H and O–H groups in total. The molecule has 4 nitrogen and oxygen atoms in total. The second-order valence-corrected chi connectivity index (χ2v) is 5.09. The summed E-state index contributed by atoms with van der Waals surface area (Å²) in [5.41, 5.74) is 8.38. The van der Waals surface area contributed by atoms with Gasteiger partial charge in [0, 0.05) is 18.5 Å². The van der Waals surface area contributed by atoms with Gasteiger partial charge in [-0.2, -0.15) is 0 Å². The van der Waals surface area contributed by atoms with Crippen LogP contribution in [0.2, 0.25) is 0 Å². The lowest BCUT2D eigenvalue weighted by molar-refractivity contribution is 0.925.